The van der Waals surface area contributed by atoms with Crippen molar-refractivity contribution in [2.45, 2.75) is 32.4 Å². The molecule has 0 spiro atoms. The van der Waals surface area contributed by atoms with Gasteiger partial charge in [0.05, 0.1) is 5.60 Å². The van der Waals surface area contributed by atoms with Gasteiger partial charge in [-0.25, -0.2) is 0 Å². The summed E-state index contributed by atoms with van der Waals surface area (Å²) < 4.78 is 0. The molecule has 0 aromatic heterocycles. The number of rotatable bonds is 5. The Kier molecular flexibility index (Phi) is 4.15. The van der Waals surface area contributed by atoms with Gasteiger partial charge in [0.15, 0.2) is 11.5 Å². The molecule has 0 aliphatic heterocycles. The molecule has 1 atom stereocenters. The number of nitrogens with one attached hydrogen (secondary N) is 1. The third-order valence-electron chi connectivity index (χ3n) is 2.64. The van der Waals surface area contributed by atoms with E-state index in [4.69, 9.17) is 5.11 Å². The maximum Gasteiger partial charge on any atom is 0.157 e. The zero-order valence-corrected chi connectivity index (χ0v) is 9.70. The van der Waals surface area contributed by atoms with Crippen molar-refractivity contribution < 1.29 is 15.3 Å². The van der Waals surface area contributed by atoms with Crippen LogP contribution in [0.4, 0.5) is 0 Å². The van der Waals surface area contributed by atoms with E-state index in [-0.39, 0.29) is 11.5 Å². The van der Waals surface area contributed by atoms with Crippen LogP contribution < -0.4 is 5.32 Å². The minimum atomic E-state index is -0.709. The van der Waals surface area contributed by atoms with Crippen molar-refractivity contribution in [2.24, 2.45) is 0 Å². The minimum Gasteiger partial charge on any atom is -0.504 e. The van der Waals surface area contributed by atoms with Gasteiger partial charge in [0.1, 0.15) is 0 Å². The summed E-state index contributed by atoms with van der Waals surface area (Å²) in [5.74, 6) is -0.245. The number of hydrogen-bond donors (Lipinski definition) is 4. The fraction of sp³-hybridized carbons (Fsp3) is 0.500. The molecule has 4 heteroatoms. The molecule has 90 valence electrons. The van der Waals surface area contributed by atoms with Crippen molar-refractivity contribution in [3.05, 3.63) is 23.8 Å². The van der Waals surface area contributed by atoms with E-state index in [1.807, 2.05) is 6.92 Å². The fourth-order valence-corrected chi connectivity index (χ4v) is 1.28. The monoisotopic (exact) mass is 225 g/mol. The molecule has 4 N–H and O–H groups in total. The van der Waals surface area contributed by atoms with Gasteiger partial charge in [-0.3, -0.25) is 0 Å². The van der Waals surface area contributed by atoms with Crippen LogP contribution in [0.3, 0.4) is 0 Å². The molecule has 0 amide bonds. The zero-order valence-electron chi connectivity index (χ0n) is 9.70. The van der Waals surface area contributed by atoms with Crippen molar-refractivity contribution in [2.75, 3.05) is 6.54 Å². The van der Waals surface area contributed by atoms with Crippen LogP contribution in [0, 0.1) is 0 Å². The maximum atomic E-state index is 9.75. The van der Waals surface area contributed by atoms with E-state index in [0.29, 0.717) is 19.5 Å². The van der Waals surface area contributed by atoms with E-state index >= 15 is 0 Å². The summed E-state index contributed by atoms with van der Waals surface area (Å²) in [6.45, 7) is 4.73. The summed E-state index contributed by atoms with van der Waals surface area (Å²) in [7, 11) is 0. The van der Waals surface area contributed by atoms with Gasteiger partial charge in [-0.1, -0.05) is 13.0 Å². The molecule has 1 unspecified atom stereocenters. The van der Waals surface area contributed by atoms with E-state index in [2.05, 4.69) is 5.32 Å². The Morgan fingerprint density at radius 2 is 1.94 bits per heavy atom. The van der Waals surface area contributed by atoms with Gasteiger partial charge in [-0.15, -0.1) is 0 Å². The summed E-state index contributed by atoms with van der Waals surface area (Å²) in [5.41, 5.74) is 0.154. The molecule has 1 aromatic carbocycles. The van der Waals surface area contributed by atoms with Gasteiger partial charge in [0.25, 0.3) is 0 Å². The van der Waals surface area contributed by atoms with Crippen LogP contribution in [-0.2, 0) is 6.54 Å². The van der Waals surface area contributed by atoms with Crippen LogP contribution in [-0.4, -0.2) is 27.5 Å². The van der Waals surface area contributed by atoms with E-state index < -0.39 is 5.60 Å². The van der Waals surface area contributed by atoms with Crippen LogP contribution in [0.5, 0.6) is 11.5 Å². The lowest BCUT2D eigenvalue weighted by atomic mass is 10.0. The number of aliphatic hydroxyl groups is 1. The molecule has 0 aliphatic carbocycles. The third kappa shape index (κ3) is 3.72. The first-order valence-electron chi connectivity index (χ1n) is 5.38. The largest absolute Gasteiger partial charge is 0.504 e. The Hall–Kier alpha value is -1.26. The highest BCUT2D eigenvalue weighted by Crippen LogP contribution is 2.24. The van der Waals surface area contributed by atoms with Gasteiger partial charge in [-0.2, -0.15) is 0 Å². The lowest BCUT2D eigenvalue weighted by Gasteiger charge is -2.21. The number of hydrogen-bond acceptors (Lipinski definition) is 4. The molecular weight excluding hydrogens is 206 g/mol. The van der Waals surface area contributed by atoms with Crippen LogP contribution in [0.15, 0.2) is 18.2 Å². The first kappa shape index (κ1) is 12.8. The molecule has 0 saturated carbocycles. The predicted molar refractivity (Wildman–Crippen MR) is 62.4 cm³/mol. The Balaban J connectivity index is 2.46. The SMILES string of the molecule is CCC(C)(O)CNCc1ccc(O)c(O)c1. The fourth-order valence-electron chi connectivity index (χ4n) is 1.28. The summed E-state index contributed by atoms with van der Waals surface area (Å²) in [6.07, 6.45) is 0.681. The average molecular weight is 225 g/mol. The van der Waals surface area contributed by atoms with Crippen LogP contribution in [0.2, 0.25) is 0 Å². The second kappa shape index (κ2) is 5.18. The minimum absolute atomic E-state index is 0.121. The summed E-state index contributed by atoms with van der Waals surface area (Å²) in [5, 5.41) is 31.2. The molecule has 16 heavy (non-hydrogen) atoms. The van der Waals surface area contributed by atoms with Crippen molar-refractivity contribution in [3.8, 4) is 11.5 Å². The van der Waals surface area contributed by atoms with E-state index in [0.717, 1.165) is 5.56 Å². The number of phenols is 2. The molecule has 0 aliphatic rings. The molecule has 1 rings (SSSR count). The van der Waals surface area contributed by atoms with Crippen molar-refractivity contribution in [1.29, 1.82) is 0 Å². The van der Waals surface area contributed by atoms with E-state index in [1.54, 1.807) is 13.0 Å². The third-order valence-corrected chi connectivity index (χ3v) is 2.64. The standard InChI is InChI=1S/C12H19NO3/c1-3-12(2,16)8-13-7-9-4-5-10(14)11(15)6-9/h4-6,13-16H,3,7-8H2,1-2H3. The Morgan fingerprint density at radius 3 is 2.50 bits per heavy atom. The maximum absolute atomic E-state index is 9.75. The average Bonchev–Trinajstić information content (AvgIpc) is 2.23. The zero-order chi connectivity index (χ0) is 12.2. The van der Waals surface area contributed by atoms with Gasteiger partial charge < -0.3 is 20.6 Å². The quantitative estimate of drug-likeness (QED) is 0.571. The number of aromatic hydroxyl groups is 2. The summed E-state index contributed by atoms with van der Waals surface area (Å²) in [4.78, 5) is 0. The highest BCUT2D eigenvalue weighted by Gasteiger charge is 2.16. The van der Waals surface area contributed by atoms with Crippen molar-refractivity contribution >= 4 is 0 Å². The Morgan fingerprint density at radius 1 is 1.25 bits per heavy atom. The van der Waals surface area contributed by atoms with E-state index in [9.17, 15) is 10.2 Å². The van der Waals surface area contributed by atoms with Gasteiger partial charge in [0.2, 0.25) is 0 Å². The Bertz CT molecular complexity index is 350. The highest BCUT2D eigenvalue weighted by molar-refractivity contribution is 5.40. The normalized spacial score (nSPS) is 14.7. The molecule has 0 saturated heterocycles. The molecule has 0 bridgehead atoms. The molecule has 0 fully saturated rings. The lowest BCUT2D eigenvalue weighted by molar-refractivity contribution is 0.0555. The second-order valence-corrected chi connectivity index (χ2v) is 4.28. The van der Waals surface area contributed by atoms with Crippen LogP contribution >= 0.6 is 0 Å². The molecule has 1 aromatic rings. The lowest BCUT2D eigenvalue weighted by Crippen LogP contribution is -2.36. The number of phenolic OH excluding ortho intramolecular Hbond substituents is 2. The topological polar surface area (TPSA) is 72.7 Å². The highest BCUT2D eigenvalue weighted by atomic mass is 16.3. The first-order valence-corrected chi connectivity index (χ1v) is 5.38. The van der Waals surface area contributed by atoms with Gasteiger partial charge in [-0.05, 0) is 31.0 Å². The van der Waals surface area contributed by atoms with E-state index in [1.165, 1.54) is 12.1 Å². The predicted octanol–water partition coefficient (Wildman–Crippen LogP) is 1.35. The molecule has 0 radical (unpaired) electrons. The first-order chi connectivity index (χ1) is 7.44. The molecule has 4 nitrogen and oxygen atoms in total. The molecule has 0 heterocycles. The van der Waals surface area contributed by atoms with Gasteiger partial charge in [0, 0.05) is 13.1 Å². The Labute approximate surface area is 95.6 Å². The summed E-state index contributed by atoms with van der Waals surface area (Å²) in [6, 6.07) is 4.68. The van der Waals surface area contributed by atoms with Gasteiger partial charge >= 0.3 is 0 Å². The van der Waals surface area contributed by atoms with Crippen molar-refractivity contribution in [3.63, 3.8) is 0 Å². The summed E-state index contributed by atoms with van der Waals surface area (Å²) >= 11 is 0. The smallest absolute Gasteiger partial charge is 0.157 e. The van der Waals surface area contributed by atoms with Crippen molar-refractivity contribution in [1.82, 2.24) is 5.32 Å². The number of benzene rings is 1. The van der Waals surface area contributed by atoms with Crippen LogP contribution in [0.25, 0.3) is 0 Å². The molecular formula is C12H19NO3. The second-order valence-electron chi connectivity index (χ2n) is 4.28. The van der Waals surface area contributed by atoms with Crippen LogP contribution in [0.1, 0.15) is 25.8 Å².